The van der Waals surface area contributed by atoms with E-state index in [1.54, 1.807) is 15.9 Å². The zero-order chi connectivity index (χ0) is 18.7. The molecule has 0 radical (unpaired) electrons. The summed E-state index contributed by atoms with van der Waals surface area (Å²) in [5.41, 5.74) is 3.13. The van der Waals surface area contributed by atoms with Gasteiger partial charge in [-0.2, -0.15) is 0 Å². The van der Waals surface area contributed by atoms with E-state index in [1.807, 2.05) is 26.0 Å². The highest BCUT2D eigenvalue weighted by Crippen LogP contribution is 2.29. The number of carbonyl (C=O) groups excluding carboxylic acids is 2. The summed E-state index contributed by atoms with van der Waals surface area (Å²) >= 11 is 6.32. The first kappa shape index (κ1) is 18.1. The van der Waals surface area contributed by atoms with E-state index in [-0.39, 0.29) is 5.91 Å². The lowest BCUT2D eigenvalue weighted by atomic mass is 10.1. The van der Waals surface area contributed by atoms with Gasteiger partial charge in [-0.05, 0) is 31.0 Å². The molecule has 1 N–H and O–H groups in total. The summed E-state index contributed by atoms with van der Waals surface area (Å²) in [5, 5.41) is 3.77. The van der Waals surface area contributed by atoms with Crippen molar-refractivity contribution in [1.29, 1.82) is 0 Å². The highest BCUT2D eigenvalue weighted by atomic mass is 35.5. The number of aromatic nitrogens is 2. The van der Waals surface area contributed by atoms with Crippen LogP contribution in [0.25, 0.3) is 0 Å². The molecular formula is C18H20ClN5O2. The molecule has 0 unspecified atom stereocenters. The van der Waals surface area contributed by atoms with Crippen molar-refractivity contribution in [2.45, 2.75) is 13.8 Å². The smallest absolute Gasteiger partial charge is 0.272 e. The van der Waals surface area contributed by atoms with Crippen molar-refractivity contribution in [3.63, 3.8) is 0 Å². The Bertz CT molecular complexity index is 811. The van der Waals surface area contributed by atoms with Crippen LogP contribution in [0.2, 0.25) is 5.02 Å². The number of benzene rings is 1. The second-order valence-corrected chi connectivity index (χ2v) is 6.69. The molecule has 2 aromatic rings. The largest absolute Gasteiger partial charge is 0.342 e. The molecule has 0 atom stereocenters. The summed E-state index contributed by atoms with van der Waals surface area (Å²) in [4.78, 5) is 35.1. The van der Waals surface area contributed by atoms with Crippen LogP contribution in [0.15, 0.2) is 24.5 Å². The van der Waals surface area contributed by atoms with Gasteiger partial charge in [0.05, 0.1) is 10.7 Å². The van der Waals surface area contributed by atoms with E-state index >= 15 is 0 Å². The SMILES string of the molecule is Cc1cc(C)c(Nc2cc(C(=O)N3CCN(C=O)CC3)ncn2)c(Cl)c1. The minimum absolute atomic E-state index is 0.173. The van der Waals surface area contributed by atoms with Crippen LogP contribution in [-0.2, 0) is 4.79 Å². The highest BCUT2D eigenvalue weighted by molar-refractivity contribution is 6.33. The molecule has 1 aliphatic rings. The standard InChI is InChI=1S/C18H20ClN5O2/c1-12-7-13(2)17(14(19)8-12)22-16-9-15(20-10-21-16)18(26)24-5-3-23(11-25)4-6-24/h7-11H,3-6H2,1-2H3,(H,20,21,22). The number of hydrogen-bond donors (Lipinski definition) is 1. The molecule has 1 aliphatic heterocycles. The maximum atomic E-state index is 12.7. The van der Waals surface area contributed by atoms with Gasteiger partial charge in [0.25, 0.3) is 5.91 Å². The number of amides is 2. The monoisotopic (exact) mass is 373 g/mol. The van der Waals surface area contributed by atoms with Crippen LogP contribution in [0, 0.1) is 13.8 Å². The Kier molecular flexibility index (Phi) is 5.37. The number of rotatable bonds is 4. The Morgan fingerprint density at radius 2 is 1.88 bits per heavy atom. The number of hydrogen-bond acceptors (Lipinski definition) is 5. The van der Waals surface area contributed by atoms with Crippen LogP contribution in [0.3, 0.4) is 0 Å². The normalized spacial score (nSPS) is 14.3. The zero-order valence-corrected chi connectivity index (χ0v) is 15.5. The van der Waals surface area contributed by atoms with E-state index in [4.69, 9.17) is 11.6 Å². The molecule has 7 nitrogen and oxygen atoms in total. The average Bonchev–Trinajstić information content (AvgIpc) is 2.64. The van der Waals surface area contributed by atoms with Crippen LogP contribution in [-0.4, -0.2) is 58.3 Å². The first-order chi connectivity index (χ1) is 12.5. The predicted molar refractivity (Wildman–Crippen MR) is 99.8 cm³/mol. The van der Waals surface area contributed by atoms with Gasteiger partial charge >= 0.3 is 0 Å². The molecule has 3 rings (SSSR count). The van der Waals surface area contributed by atoms with Crippen molar-refractivity contribution >= 4 is 35.4 Å². The molecule has 2 amide bonds. The molecular weight excluding hydrogens is 354 g/mol. The number of carbonyl (C=O) groups is 2. The van der Waals surface area contributed by atoms with E-state index in [2.05, 4.69) is 15.3 Å². The maximum absolute atomic E-state index is 12.7. The summed E-state index contributed by atoms with van der Waals surface area (Å²) in [6.45, 7) is 5.99. The van der Waals surface area contributed by atoms with Gasteiger partial charge in [-0.1, -0.05) is 17.7 Å². The molecule has 0 bridgehead atoms. The lowest BCUT2D eigenvalue weighted by Gasteiger charge is -2.32. The quantitative estimate of drug-likeness (QED) is 0.832. The van der Waals surface area contributed by atoms with Gasteiger partial charge in [0, 0.05) is 32.2 Å². The summed E-state index contributed by atoms with van der Waals surface area (Å²) in [7, 11) is 0. The highest BCUT2D eigenvalue weighted by Gasteiger charge is 2.22. The predicted octanol–water partition coefficient (Wildman–Crippen LogP) is 2.40. The van der Waals surface area contributed by atoms with Gasteiger partial charge < -0.3 is 15.1 Å². The van der Waals surface area contributed by atoms with E-state index < -0.39 is 0 Å². The number of piperazine rings is 1. The Morgan fingerprint density at radius 1 is 1.15 bits per heavy atom. The summed E-state index contributed by atoms with van der Waals surface area (Å²) in [6.07, 6.45) is 2.16. The lowest BCUT2D eigenvalue weighted by molar-refractivity contribution is -0.119. The number of aryl methyl sites for hydroxylation is 2. The Morgan fingerprint density at radius 3 is 2.54 bits per heavy atom. The fourth-order valence-corrected chi connectivity index (χ4v) is 3.31. The fraction of sp³-hybridized carbons (Fsp3) is 0.333. The molecule has 1 aromatic heterocycles. The Hall–Kier alpha value is -2.67. The minimum atomic E-state index is -0.173. The molecule has 26 heavy (non-hydrogen) atoms. The third-order valence-corrected chi connectivity index (χ3v) is 4.62. The van der Waals surface area contributed by atoms with Crippen molar-refractivity contribution in [3.8, 4) is 0 Å². The van der Waals surface area contributed by atoms with Crippen molar-refractivity contribution < 1.29 is 9.59 Å². The van der Waals surface area contributed by atoms with Crippen molar-refractivity contribution in [1.82, 2.24) is 19.8 Å². The minimum Gasteiger partial charge on any atom is -0.342 e. The molecule has 1 fully saturated rings. The van der Waals surface area contributed by atoms with Crippen molar-refractivity contribution in [2.24, 2.45) is 0 Å². The molecule has 0 aliphatic carbocycles. The number of nitrogens with zero attached hydrogens (tertiary/aromatic N) is 4. The molecule has 136 valence electrons. The van der Waals surface area contributed by atoms with Crippen LogP contribution < -0.4 is 5.32 Å². The van der Waals surface area contributed by atoms with Crippen LogP contribution >= 0.6 is 11.6 Å². The van der Waals surface area contributed by atoms with Crippen molar-refractivity contribution in [3.05, 3.63) is 46.4 Å². The van der Waals surface area contributed by atoms with Gasteiger partial charge in [-0.3, -0.25) is 9.59 Å². The van der Waals surface area contributed by atoms with E-state index in [0.717, 1.165) is 23.2 Å². The van der Waals surface area contributed by atoms with Gasteiger partial charge in [-0.15, -0.1) is 0 Å². The molecule has 0 saturated carbocycles. The summed E-state index contributed by atoms with van der Waals surface area (Å²) in [5.74, 6) is 0.330. The third kappa shape index (κ3) is 3.94. The van der Waals surface area contributed by atoms with Gasteiger partial charge in [0.15, 0.2) is 0 Å². The molecule has 8 heteroatoms. The maximum Gasteiger partial charge on any atom is 0.272 e. The molecule has 0 spiro atoms. The van der Waals surface area contributed by atoms with Gasteiger partial charge in [0.1, 0.15) is 17.8 Å². The number of halogens is 1. The Balaban J connectivity index is 1.76. The first-order valence-electron chi connectivity index (χ1n) is 8.32. The van der Waals surface area contributed by atoms with Crippen LogP contribution in [0.4, 0.5) is 11.5 Å². The van der Waals surface area contributed by atoms with Crippen LogP contribution in [0.5, 0.6) is 0 Å². The Labute approximate surface area is 157 Å². The van der Waals surface area contributed by atoms with Crippen LogP contribution in [0.1, 0.15) is 21.6 Å². The second kappa shape index (κ2) is 7.70. The average molecular weight is 374 g/mol. The number of anilines is 2. The topological polar surface area (TPSA) is 78.4 Å². The zero-order valence-electron chi connectivity index (χ0n) is 14.7. The van der Waals surface area contributed by atoms with Gasteiger partial charge in [-0.25, -0.2) is 9.97 Å². The first-order valence-corrected chi connectivity index (χ1v) is 8.70. The van der Waals surface area contributed by atoms with Gasteiger partial charge in [0.2, 0.25) is 6.41 Å². The lowest BCUT2D eigenvalue weighted by Crippen LogP contribution is -2.48. The van der Waals surface area contributed by atoms with Crippen molar-refractivity contribution in [2.75, 3.05) is 31.5 Å². The van der Waals surface area contributed by atoms with E-state index in [0.29, 0.717) is 42.7 Å². The van der Waals surface area contributed by atoms with E-state index in [9.17, 15) is 9.59 Å². The summed E-state index contributed by atoms with van der Waals surface area (Å²) in [6, 6.07) is 5.51. The summed E-state index contributed by atoms with van der Waals surface area (Å²) < 4.78 is 0. The second-order valence-electron chi connectivity index (χ2n) is 6.29. The number of nitrogens with one attached hydrogen (secondary N) is 1. The molecule has 2 heterocycles. The fourth-order valence-electron chi connectivity index (χ4n) is 2.94. The van der Waals surface area contributed by atoms with E-state index in [1.165, 1.54) is 6.33 Å². The molecule has 1 saturated heterocycles. The molecule has 1 aromatic carbocycles. The third-order valence-electron chi connectivity index (χ3n) is 4.32.